The molecule has 1 unspecified atom stereocenters. The van der Waals surface area contributed by atoms with E-state index in [1.54, 1.807) is 0 Å². The second-order valence-corrected chi connectivity index (χ2v) is 2.90. The van der Waals surface area contributed by atoms with Crippen LogP contribution in [0.2, 0.25) is 0 Å². The highest BCUT2D eigenvalue weighted by Gasteiger charge is 2.16. The molecular weight excluding hydrogens is 162 g/mol. The molecule has 0 amide bonds. The van der Waals surface area contributed by atoms with Crippen LogP contribution in [0.3, 0.4) is 0 Å². The van der Waals surface area contributed by atoms with Crippen molar-refractivity contribution in [3.05, 3.63) is 23.8 Å². The van der Waals surface area contributed by atoms with Crippen molar-refractivity contribution in [3.8, 4) is 5.75 Å². The summed E-state index contributed by atoms with van der Waals surface area (Å²) in [6, 6.07) is 6.15. The van der Waals surface area contributed by atoms with Crippen molar-refractivity contribution in [2.75, 3.05) is 5.32 Å². The summed E-state index contributed by atoms with van der Waals surface area (Å²) < 4.78 is 5.45. The van der Waals surface area contributed by atoms with Gasteiger partial charge in [0.05, 0.1) is 5.69 Å². The normalized spacial score (nSPS) is 17.7. The number of rotatable bonds is 0. The Morgan fingerprint density at radius 1 is 1.31 bits per heavy atom. The first-order valence-corrected chi connectivity index (χ1v) is 4.79. The molecule has 1 aromatic carbocycles. The molecule has 0 aromatic heterocycles. The Hall–Kier alpha value is -1.18. The first-order valence-electron chi connectivity index (χ1n) is 4.79. The molecule has 1 aromatic rings. The van der Waals surface area contributed by atoms with Crippen LogP contribution in [0.15, 0.2) is 18.2 Å². The van der Waals surface area contributed by atoms with Gasteiger partial charge in [-0.25, -0.2) is 0 Å². The topological polar surface area (TPSA) is 21.3 Å². The van der Waals surface area contributed by atoms with Crippen LogP contribution >= 0.6 is 0 Å². The fourth-order valence-corrected chi connectivity index (χ4v) is 1.30. The molecule has 0 aliphatic carbocycles. The molecule has 0 radical (unpaired) electrons. The molecule has 1 aliphatic heterocycles. The highest BCUT2D eigenvalue weighted by molar-refractivity contribution is 5.61. The van der Waals surface area contributed by atoms with Gasteiger partial charge in [-0.3, -0.25) is 0 Å². The lowest BCUT2D eigenvalue weighted by molar-refractivity contribution is 0.275. The summed E-state index contributed by atoms with van der Waals surface area (Å²) in [6.07, 6.45) is 0.117. The van der Waals surface area contributed by atoms with E-state index < -0.39 is 0 Å². The Bertz CT molecular complexity index is 283. The number of nitrogens with one attached hydrogen (secondary N) is 1. The lowest BCUT2D eigenvalue weighted by atomic mass is 10.2. The van der Waals surface area contributed by atoms with E-state index in [9.17, 15) is 0 Å². The Balaban J connectivity index is 0.000000396. The third kappa shape index (κ3) is 2.14. The highest BCUT2D eigenvalue weighted by Crippen LogP contribution is 2.31. The van der Waals surface area contributed by atoms with Crippen molar-refractivity contribution in [2.24, 2.45) is 0 Å². The van der Waals surface area contributed by atoms with Crippen molar-refractivity contribution in [1.29, 1.82) is 0 Å². The number of anilines is 1. The van der Waals surface area contributed by atoms with E-state index in [1.165, 1.54) is 5.56 Å². The fraction of sp³-hybridized carbons (Fsp3) is 0.455. The van der Waals surface area contributed by atoms with E-state index in [1.807, 2.05) is 26.8 Å². The number of aryl methyl sites for hydroxylation is 1. The molecule has 1 N–H and O–H groups in total. The second kappa shape index (κ2) is 4.17. The van der Waals surface area contributed by atoms with Crippen LogP contribution in [0, 0.1) is 6.92 Å². The SMILES string of the molecule is CC.Cc1ccc2c(c1)NC(C)O2. The number of hydrogen-bond donors (Lipinski definition) is 1. The lowest BCUT2D eigenvalue weighted by Gasteiger charge is -2.00. The molecular formula is C11H17NO. The molecule has 0 spiro atoms. The Morgan fingerprint density at radius 2 is 2.00 bits per heavy atom. The Labute approximate surface area is 79.9 Å². The number of ether oxygens (including phenoxy) is 1. The maximum absolute atomic E-state index is 5.45. The standard InChI is InChI=1S/C9H11NO.C2H6/c1-6-3-4-9-8(5-6)10-7(2)11-9;1-2/h3-5,7,10H,1-2H3;1-2H3. The predicted octanol–water partition coefficient (Wildman–Crippen LogP) is 3.17. The van der Waals surface area contributed by atoms with Gasteiger partial charge in [-0.05, 0) is 31.5 Å². The van der Waals surface area contributed by atoms with Crippen molar-refractivity contribution < 1.29 is 4.74 Å². The predicted molar refractivity (Wildman–Crippen MR) is 56.2 cm³/mol. The van der Waals surface area contributed by atoms with Crippen LogP contribution in [0.1, 0.15) is 26.3 Å². The molecule has 1 atom stereocenters. The van der Waals surface area contributed by atoms with Gasteiger partial charge in [-0.15, -0.1) is 0 Å². The van der Waals surface area contributed by atoms with Gasteiger partial charge >= 0.3 is 0 Å². The van der Waals surface area contributed by atoms with Crippen LogP contribution in [0.4, 0.5) is 5.69 Å². The van der Waals surface area contributed by atoms with Crippen LogP contribution < -0.4 is 10.1 Å². The summed E-state index contributed by atoms with van der Waals surface area (Å²) in [6.45, 7) is 8.07. The van der Waals surface area contributed by atoms with E-state index >= 15 is 0 Å². The van der Waals surface area contributed by atoms with Crippen molar-refractivity contribution >= 4 is 5.69 Å². The van der Waals surface area contributed by atoms with Gasteiger partial charge in [-0.1, -0.05) is 19.9 Å². The molecule has 0 saturated carbocycles. The molecule has 0 saturated heterocycles. The van der Waals surface area contributed by atoms with E-state index in [0.29, 0.717) is 0 Å². The van der Waals surface area contributed by atoms with E-state index in [-0.39, 0.29) is 6.23 Å². The summed E-state index contributed by atoms with van der Waals surface area (Å²) >= 11 is 0. The monoisotopic (exact) mass is 179 g/mol. The third-order valence-electron chi connectivity index (χ3n) is 1.80. The van der Waals surface area contributed by atoms with Crippen LogP contribution in [0.25, 0.3) is 0 Å². The second-order valence-electron chi connectivity index (χ2n) is 2.90. The van der Waals surface area contributed by atoms with Gasteiger partial charge in [-0.2, -0.15) is 0 Å². The molecule has 0 fully saturated rings. The van der Waals surface area contributed by atoms with Gasteiger partial charge in [0.25, 0.3) is 0 Å². The van der Waals surface area contributed by atoms with Crippen molar-refractivity contribution in [2.45, 2.75) is 33.9 Å². The zero-order valence-electron chi connectivity index (χ0n) is 8.72. The lowest BCUT2D eigenvalue weighted by Crippen LogP contribution is -2.13. The van der Waals surface area contributed by atoms with Gasteiger partial charge < -0.3 is 10.1 Å². The highest BCUT2D eigenvalue weighted by atomic mass is 16.5. The first-order chi connectivity index (χ1) is 6.25. The van der Waals surface area contributed by atoms with Crippen molar-refractivity contribution in [1.82, 2.24) is 0 Å². The molecule has 72 valence electrons. The largest absolute Gasteiger partial charge is 0.469 e. The van der Waals surface area contributed by atoms with Crippen molar-refractivity contribution in [3.63, 3.8) is 0 Å². The smallest absolute Gasteiger partial charge is 0.167 e. The van der Waals surface area contributed by atoms with Gasteiger partial charge in [0.2, 0.25) is 0 Å². The summed E-state index contributed by atoms with van der Waals surface area (Å²) in [5, 5.41) is 3.22. The molecule has 1 aliphatic rings. The summed E-state index contributed by atoms with van der Waals surface area (Å²) in [7, 11) is 0. The minimum Gasteiger partial charge on any atom is -0.469 e. The Kier molecular flexibility index (Phi) is 3.18. The molecule has 2 nitrogen and oxygen atoms in total. The van der Waals surface area contributed by atoms with Crippen LogP contribution in [-0.4, -0.2) is 6.23 Å². The van der Waals surface area contributed by atoms with Gasteiger partial charge in [0.15, 0.2) is 6.23 Å². The summed E-state index contributed by atoms with van der Waals surface area (Å²) in [5.74, 6) is 0.961. The Morgan fingerprint density at radius 3 is 2.69 bits per heavy atom. The average molecular weight is 179 g/mol. The number of hydrogen-bond acceptors (Lipinski definition) is 2. The van der Waals surface area contributed by atoms with Gasteiger partial charge in [0, 0.05) is 0 Å². The fourth-order valence-electron chi connectivity index (χ4n) is 1.30. The summed E-state index contributed by atoms with van der Waals surface area (Å²) in [5.41, 5.74) is 2.37. The minimum absolute atomic E-state index is 0.117. The zero-order valence-corrected chi connectivity index (χ0v) is 8.72. The van der Waals surface area contributed by atoms with Gasteiger partial charge in [0.1, 0.15) is 5.75 Å². The molecule has 13 heavy (non-hydrogen) atoms. The van der Waals surface area contributed by atoms with E-state index in [2.05, 4.69) is 24.4 Å². The zero-order chi connectivity index (χ0) is 9.84. The number of fused-ring (bicyclic) bond motifs is 1. The molecule has 0 bridgehead atoms. The van der Waals surface area contributed by atoms with Crippen LogP contribution in [0.5, 0.6) is 5.75 Å². The molecule has 2 rings (SSSR count). The molecule has 1 heterocycles. The maximum atomic E-state index is 5.45. The van der Waals surface area contributed by atoms with E-state index in [0.717, 1.165) is 11.4 Å². The third-order valence-corrected chi connectivity index (χ3v) is 1.80. The van der Waals surface area contributed by atoms with Crippen LogP contribution in [-0.2, 0) is 0 Å². The maximum Gasteiger partial charge on any atom is 0.167 e. The molecule has 2 heteroatoms. The quantitative estimate of drug-likeness (QED) is 0.660. The average Bonchev–Trinajstić information content (AvgIpc) is 2.48. The number of benzene rings is 1. The first kappa shape index (κ1) is 9.90. The van der Waals surface area contributed by atoms with E-state index in [4.69, 9.17) is 4.74 Å². The summed E-state index contributed by atoms with van der Waals surface area (Å²) in [4.78, 5) is 0. The minimum atomic E-state index is 0.117.